The molecular weight excluding hydrogens is 424 g/mol. The summed E-state index contributed by atoms with van der Waals surface area (Å²) in [4.78, 5) is 26.1. The van der Waals surface area contributed by atoms with Gasteiger partial charge in [-0.25, -0.2) is 4.98 Å². The van der Waals surface area contributed by atoms with Crippen molar-refractivity contribution in [2.24, 2.45) is 0 Å². The molecule has 1 amide bonds. The van der Waals surface area contributed by atoms with E-state index in [4.69, 9.17) is 11.6 Å². The minimum Gasteiger partial charge on any atom is -0.353 e. The van der Waals surface area contributed by atoms with Crippen molar-refractivity contribution in [3.8, 4) is 0 Å². The molecule has 7 nitrogen and oxygen atoms in total. The predicted molar refractivity (Wildman–Crippen MR) is 124 cm³/mol. The number of hydrogen-bond donors (Lipinski definition) is 0. The highest BCUT2D eigenvalue weighted by atomic mass is 35.5. The minimum atomic E-state index is -0.0310. The molecule has 1 aliphatic rings. The third-order valence-corrected chi connectivity index (χ3v) is 6.23. The number of amides is 1. The van der Waals surface area contributed by atoms with E-state index in [0.29, 0.717) is 42.5 Å². The van der Waals surface area contributed by atoms with Gasteiger partial charge in [0.2, 0.25) is 0 Å². The summed E-state index contributed by atoms with van der Waals surface area (Å²) in [5, 5.41) is 4.94. The fourth-order valence-electron chi connectivity index (χ4n) is 4.23. The van der Waals surface area contributed by atoms with E-state index in [9.17, 15) is 4.79 Å². The highest BCUT2D eigenvalue weighted by Gasteiger charge is 2.27. The van der Waals surface area contributed by atoms with E-state index in [1.807, 2.05) is 46.7 Å². The Morgan fingerprint density at radius 1 is 1.00 bits per heavy atom. The molecule has 8 heteroatoms. The smallest absolute Gasteiger partial charge is 0.255 e. The van der Waals surface area contributed by atoms with Gasteiger partial charge in [-0.2, -0.15) is 14.6 Å². The molecule has 0 radical (unpaired) electrons. The van der Waals surface area contributed by atoms with Gasteiger partial charge in [-0.05, 0) is 24.6 Å². The van der Waals surface area contributed by atoms with Crippen LogP contribution in [0.3, 0.4) is 0 Å². The van der Waals surface area contributed by atoms with Gasteiger partial charge in [-0.15, -0.1) is 0 Å². The van der Waals surface area contributed by atoms with E-state index >= 15 is 0 Å². The zero-order valence-electron chi connectivity index (χ0n) is 17.8. The average Bonchev–Trinajstić information content (AvgIpc) is 3.28. The third-order valence-electron chi connectivity index (χ3n) is 5.90. The number of hydrogen-bond acceptors (Lipinski definition) is 5. The Morgan fingerprint density at radius 2 is 1.72 bits per heavy atom. The SMILES string of the molecule is Cc1nc2ncnn2c(N2CCN(C(=O)c3ccccc3Cl)CC2)c1Cc1ccccc1. The Balaban J connectivity index is 1.44. The number of piperazine rings is 1. The first-order chi connectivity index (χ1) is 15.6. The van der Waals surface area contributed by atoms with Crippen molar-refractivity contribution in [2.75, 3.05) is 31.1 Å². The van der Waals surface area contributed by atoms with E-state index in [-0.39, 0.29) is 5.91 Å². The summed E-state index contributed by atoms with van der Waals surface area (Å²) in [6.07, 6.45) is 2.29. The number of carbonyl (C=O) groups is 1. The van der Waals surface area contributed by atoms with Crippen molar-refractivity contribution in [3.05, 3.63) is 88.3 Å². The molecule has 2 aromatic carbocycles. The maximum atomic E-state index is 13.0. The number of aryl methyl sites for hydroxylation is 1. The quantitative estimate of drug-likeness (QED) is 0.479. The van der Waals surface area contributed by atoms with Crippen LogP contribution in [-0.2, 0) is 6.42 Å². The van der Waals surface area contributed by atoms with E-state index in [1.165, 1.54) is 11.9 Å². The van der Waals surface area contributed by atoms with Gasteiger partial charge >= 0.3 is 0 Å². The zero-order valence-corrected chi connectivity index (χ0v) is 18.5. The molecule has 1 saturated heterocycles. The summed E-state index contributed by atoms with van der Waals surface area (Å²) < 4.78 is 1.82. The molecule has 1 fully saturated rings. The molecule has 162 valence electrons. The fraction of sp³-hybridized carbons (Fsp3) is 0.250. The number of fused-ring (bicyclic) bond motifs is 1. The van der Waals surface area contributed by atoms with E-state index < -0.39 is 0 Å². The third kappa shape index (κ3) is 3.80. The van der Waals surface area contributed by atoms with Crippen LogP contribution in [0.4, 0.5) is 5.82 Å². The van der Waals surface area contributed by atoms with Crippen LogP contribution in [0.2, 0.25) is 5.02 Å². The van der Waals surface area contributed by atoms with Crippen LogP contribution in [0.5, 0.6) is 0 Å². The lowest BCUT2D eigenvalue weighted by Crippen LogP contribution is -2.49. The number of rotatable bonds is 4. The molecule has 32 heavy (non-hydrogen) atoms. The summed E-state index contributed by atoms with van der Waals surface area (Å²) in [5.41, 5.74) is 3.83. The summed E-state index contributed by atoms with van der Waals surface area (Å²) in [6.45, 7) is 4.61. The fourth-order valence-corrected chi connectivity index (χ4v) is 4.44. The molecule has 0 N–H and O–H groups in total. The second-order valence-corrected chi connectivity index (χ2v) is 8.30. The Labute approximate surface area is 191 Å². The first-order valence-electron chi connectivity index (χ1n) is 10.6. The number of anilines is 1. The Bertz CT molecular complexity index is 1260. The summed E-state index contributed by atoms with van der Waals surface area (Å²) in [5.74, 6) is 1.55. The van der Waals surface area contributed by atoms with Crippen LogP contribution in [0.15, 0.2) is 60.9 Å². The zero-order chi connectivity index (χ0) is 22.1. The lowest BCUT2D eigenvalue weighted by molar-refractivity contribution is 0.0746. The number of nitrogens with zero attached hydrogens (tertiary/aromatic N) is 6. The van der Waals surface area contributed by atoms with Gasteiger partial charge in [0.15, 0.2) is 0 Å². The summed E-state index contributed by atoms with van der Waals surface area (Å²) in [7, 11) is 0. The van der Waals surface area contributed by atoms with Gasteiger partial charge in [-0.1, -0.05) is 54.1 Å². The number of aromatic nitrogens is 4. The van der Waals surface area contributed by atoms with Gasteiger partial charge in [0.05, 0.1) is 10.6 Å². The van der Waals surface area contributed by atoms with Crippen molar-refractivity contribution in [1.29, 1.82) is 0 Å². The Hall–Kier alpha value is -3.45. The number of benzene rings is 2. The van der Waals surface area contributed by atoms with Crippen LogP contribution >= 0.6 is 11.6 Å². The first-order valence-corrected chi connectivity index (χ1v) is 11.0. The van der Waals surface area contributed by atoms with Crippen LogP contribution in [-0.4, -0.2) is 56.6 Å². The number of carbonyl (C=O) groups excluding carboxylic acids is 1. The molecule has 3 heterocycles. The van der Waals surface area contributed by atoms with Gasteiger partial charge in [-0.3, -0.25) is 4.79 Å². The van der Waals surface area contributed by atoms with Crippen LogP contribution < -0.4 is 4.90 Å². The normalized spacial score (nSPS) is 14.2. The lowest BCUT2D eigenvalue weighted by Gasteiger charge is -2.37. The highest BCUT2D eigenvalue weighted by molar-refractivity contribution is 6.33. The van der Waals surface area contributed by atoms with E-state index in [1.54, 1.807) is 12.1 Å². The van der Waals surface area contributed by atoms with Gasteiger partial charge in [0, 0.05) is 43.9 Å². The Kier molecular flexibility index (Phi) is 5.49. The van der Waals surface area contributed by atoms with Crippen LogP contribution in [0.1, 0.15) is 27.2 Å². The van der Waals surface area contributed by atoms with Gasteiger partial charge in [0.25, 0.3) is 11.7 Å². The standard InChI is InChI=1S/C24H23ClN6O/c1-17-20(15-18-7-3-2-4-8-18)22(31-24(28-17)26-16-27-31)29-11-13-30(14-12-29)23(32)19-9-5-6-10-21(19)25/h2-10,16H,11-15H2,1H3. The number of halogens is 1. The molecule has 0 spiro atoms. The molecule has 5 rings (SSSR count). The molecule has 0 bridgehead atoms. The van der Waals surface area contributed by atoms with E-state index in [2.05, 4.69) is 32.1 Å². The van der Waals surface area contributed by atoms with Crippen molar-refractivity contribution in [2.45, 2.75) is 13.3 Å². The monoisotopic (exact) mass is 446 g/mol. The average molecular weight is 447 g/mol. The van der Waals surface area contributed by atoms with Crippen molar-refractivity contribution >= 4 is 29.1 Å². The molecule has 0 atom stereocenters. The molecule has 2 aromatic heterocycles. The molecule has 0 saturated carbocycles. The molecule has 0 aliphatic carbocycles. The molecule has 1 aliphatic heterocycles. The van der Waals surface area contributed by atoms with Crippen molar-refractivity contribution in [1.82, 2.24) is 24.5 Å². The topological polar surface area (TPSA) is 66.6 Å². The lowest BCUT2D eigenvalue weighted by atomic mass is 10.0. The predicted octanol–water partition coefficient (Wildman–Crippen LogP) is 3.64. The molecule has 0 unspecified atom stereocenters. The largest absolute Gasteiger partial charge is 0.353 e. The first kappa shape index (κ1) is 20.5. The highest BCUT2D eigenvalue weighted by Crippen LogP contribution is 2.27. The van der Waals surface area contributed by atoms with Gasteiger partial charge in [0.1, 0.15) is 12.1 Å². The maximum Gasteiger partial charge on any atom is 0.255 e. The van der Waals surface area contributed by atoms with Crippen molar-refractivity contribution < 1.29 is 4.79 Å². The minimum absolute atomic E-state index is 0.0310. The van der Waals surface area contributed by atoms with Crippen LogP contribution in [0, 0.1) is 6.92 Å². The van der Waals surface area contributed by atoms with E-state index in [0.717, 1.165) is 23.5 Å². The maximum absolute atomic E-state index is 13.0. The summed E-state index contributed by atoms with van der Waals surface area (Å²) >= 11 is 6.25. The van der Waals surface area contributed by atoms with Gasteiger partial charge < -0.3 is 9.80 Å². The molecule has 4 aromatic rings. The molecular formula is C24H23ClN6O. The Morgan fingerprint density at radius 3 is 2.47 bits per heavy atom. The van der Waals surface area contributed by atoms with Crippen molar-refractivity contribution in [3.63, 3.8) is 0 Å². The van der Waals surface area contributed by atoms with Crippen LogP contribution in [0.25, 0.3) is 5.78 Å². The second-order valence-electron chi connectivity index (χ2n) is 7.89. The summed E-state index contributed by atoms with van der Waals surface area (Å²) in [6, 6.07) is 17.6. The second kappa shape index (κ2) is 8.59.